The van der Waals surface area contributed by atoms with Gasteiger partial charge in [0.1, 0.15) is 17.7 Å². The SMILES string of the molecule is COC(=O)[C@H](Cc1ccccc1)NC(=O)[C@@H](CCc1ccccc1)NC(=O)OC(C)(C)C. The Kier molecular flexibility index (Phi) is 9.25. The van der Waals surface area contributed by atoms with Gasteiger partial charge in [-0.15, -0.1) is 0 Å². The number of ether oxygens (including phenoxy) is 2. The molecule has 0 aliphatic rings. The fourth-order valence-corrected chi connectivity index (χ4v) is 3.13. The summed E-state index contributed by atoms with van der Waals surface area (Å²) in [5.41, 5.74) is 1.21. The average Bonchev–Trinajstić information content (AvgIpc) is 2.75. The van der Waals surface area contributed by atoms with Gasteiger partial charge in [-0.3, -0.25) is 4.79 Å². The van der Waals surface area contributed by atoms with Crippen LogP contribution in [0.2, 0.25) is 0 Å². The van der Waals surface area contributed by atoms with Crippen molar-refractivity contribution in [3.05, 3.63) is 71.8 Å². The summed E-state index contributed by atoms with van der Waals surface area (Å²) in [6.45, 7) is 5.25. The van der Waals surface area contributed by atoms with Gasteiger partial charge in [-0.05, 0) is 44.7 Å². The van der Waals surface area contributed by atoms with Crippen molar-refractivity contribution in [1.29, 1.82) is 0 Å². The lowest BCUT2D eigenvalue weighted by Crippen LogP contribution is -2.53. The minimum Gasteiger partial charge on any atom is -0.467 e. The first kappa shape index (κ1) is 24.9. The molecule has 0 radical (unpaired) electrons. The monoisotopic (exact) mass is 440 g/mol. The Labute approximate surface area is 189 Å². The lowest BCUT2D eigenvalue weighted by molar-refractivity contribution is -0.145. The van der Waals surface area contributed by atoms with E-state index in [-0.39, 0.29) is 6.42 Å². The van der Waals surface area contributed by atoms with Gasteiger partial charge in [0.25, 0.3) is 0 Å². The maximum Gasteiger partial charge on any atom is 0.408 e. The zero-order chi connectivity index (χ0) is 23.6. The van der Waals surface area contributed by atoms with Crippen LogP contribution in [0.4, 0.5) is 4.79 Å². The van der Waals surface area contributed by atoms with Crippen LogP contribution in [0.15, 0.2) is 60.7 Å². The van der Waals surface area contributed by atoms with Gasteiger partial charge in [0, 0.05) is 6.42 Å². The maximum atomic E-state index is 13.1. The molecule has 32 heavy (non-hydrogen) atoms. The second-order valence-corrected chi connectivity index (χ2v) is 8.50. The minimum absolute atomic E-state index is 0.275. The second-order valence-electron chi connectivity index (χ2n) is 8.50. The first-order valence-corrected chi connectivity index (χ1v) is 10.6. The van der Waals surface area contributed by atoms with E-state index in [2.05, 4.69) is 10.6 Å². The van der Waals surface area contributed by atoms with Crippen molar-refractivity contribution >= 4 is 18.0 Å². The number of hydrogen-bond donors (Lipinski definition) is 2. The summed E-state index contributed by atoms with van der Waals surface area (Å²) >= 11 is 0. The van der Waals surface area contributed by atoms with Crippen LogP contribution >= 0.6 is 0 Å². The zero-order valence-electron chi connectivity index (χ0n) is 19.1. The van der Waals surface area contributed by atoms with Crippen LogP contribution in [0.3, 0.4) is 0 Å². The van der Waals surface area contributed by atoms with Crippen LogP contribution in [0.5, 0.6) is 0 Å². The molecule has 0 saturated carbocycles. The molecular formula is C25H32N2O5. The topological polar surface area (TPSA) is 93.7 Å². The number of methoxy groups -OCH3 is 1. The van der Waals surface area contributed by atoms with E-state index in [1.165, 1.54) is 7.11 Å². The Hall–Kier alpha value is -3.35. The van der Waals surface area contributed by atoms with Crippen LogP contribution in [0.1, 0.15) is 38.3 Å². The van der Waals surface area contributed by atoms with Gasteiger partial charge >= 0.3 is 12.1 Å². The van der Waals surface area contributed by atoms with Gasteiger partial charge < -0.3 is 20.1 Å². The predicted molar refractivity (Wildman–Crippen MR) is 122 cm³/mol. The number of benzene rings is 2. The first-order valence-electron chi connectivity index (χ1n) is 10.6. The van der Waals surface area contributed by atoms with E-state index in [9.17, 15) is 14.4 Å². The van der Waals surface area contributed by atoms with Crippen molar-refractivity contribution in [3.63, 3.8) is 0 Å². The third-order valence-electron chi connectivity index (χ3n) is 4.66. The van der Waals surface area contributed by atoms with E-state index in [0.29, 0.717) is 12.8 Å². The number of hydrogen-bond acceptors (Lipinski definition) is 5. The summed E-state index contributed by atoms with van der Waals surface area (Å²) in [6.07, 6.45) is 0.491. The van der Waals surface area contributed by atoms with Gasteiger partial charge in [0.2, 0.25) is 5.91 Å². The second kappa shape index (κ2) is 11.9. The first-order chi connectivity index (χ1) is 15.2. The quantitative estimate of drug-likeness (QED) is 0.583. The molecule has 0 bridgehead atoms. The summed E-state index contributed by atoms with van der Waals surface area (Å²) in [5.74, 6) is -1.03. The molecule has 2 aromatic carbocycles. The van der Waals surface area contributed by atoms with Crippen molar-refractivity contribution in [2.24, 2.45) is 0 Å². The van der Waals surface area contributed by atoms with Crippen molar-refractivity contribution in [2.75, 3.05) is 7.11 Å². The van der Waals surface area contributed by atoms with Crippen LogP contribution in [-0.2, 0) is 31.9 Å². The zero-order valence-corrected chi connectivity index (χ0v) is 19.1. The summed E-state index contributed by atoms with van der Waals surface area (Å²) < 4.78 is 10.2. The molecule has 0 saturated heterocycles. The van der Waals surface area contributed by atoms with Gasteiger partial charge in [0.05, 0.1) is 7.11 Å². The molecule has 7 nitrogen and oxygen atoms in total. The number of amides is 2. The van der Waals surface area contributed by atoms with E-state index in [1.807, 2.05) is 60.7 Å². The number of carbonyl (C=O) groups is 3. The molecule has 7 heteroatoms. The Morgan fingerprint density at radius 2 is 1.41 bits per heavy atom. The summed E-state index contributed by atoms with van der Waals surface area (Å²) in [4.78, 5) is 37.8. The van der Waals surface area contributed by atoms with Crippen molar-refractivity contribution < 1.29 is 23.9 Å². The average molecular weight is 441 g/mol. The highest BCUT2D eigenvalue weighted by atomic mass is 16.6. The van der Waals surface area contributed by atoms with E-state index in [1.54, 1.807) is 20.8 Å². The van der Waals surface area contributed by atoms with E-state index < -0.39 is 35.7 Å². The van der Waals surface area contributed by atoms with E-state index in [0.717, 1.165) is 11.1 Å². The number of carbonyl (C=O) groups excluding carboxylic acids is 3. The molecule has 0 spiro atoms. The summed E-state index contributed by atoms with van der Waals surface area (Å²) in [6, 6.07) is 17.2. The molecule has 0 heterocycles. The van der Waals surface area contributed by atoms with Gasteiger partial charge in [-0.2, -0.15) is 0 Å². The molecule has 0 aromatic heterocycles. The molecule has 2 amide bonds. The van der Waals surface area contributed by atoms with Crippen molar-refractivity contribution in [1.82, 2.24) is 10.6 Å². The van der Waals surface area contributed by atoms with Gasteiger partial charge in [-0.1, -0.05) is 60.7 Å². The third-order valence-corrected chi connectivity index (χ3v) is 4.66. The molecule has 2 rings (SSSR count). The lowest BCUT2D eigenvalue weighted by atomic mass is 10.0. The number of nitrogens with one attached hydrogen (secondary N) is 2. The summed E-state index contributed by atoms with van der Waals surface area (Å²) in [5, 5.41) is 5.38. The number of aryl methyl sites for hydroxylation is 1. The molecule has 0 unspecified atom stereocenters. The summed E-state index contributed by atoms with van der Waals surface area (Å²) in [7, 11) is 1.28. The molecular weight excluding hydrogens is 408 g/mol. The Morgan fingerprint density at radius 3 is 1.94 bits per heavy atom. The van der Waals surface area contributed by atoms with E-state index >= 15 is 0 Å². The molecule has 2 atom stereocenters. The Morgan fingerprint density at radius 1 is 0.844 bits per heavy atom. The Balaban J connectivity index is 2.13. The maximum absolute atomic E-state index is 13.1. The fraction of sp³-hybridized carbons (Fsp3) is 0.400. The molecule has 2 N–H and O–H groups in total. The molecule has 172 valence electrons. The largest absolute Gasteiger partial charge is 0.467 e. The Bertz CT molecular complexity index is 878. The molecule has 0 fully saturated rings. The van der Waals surface area contributed by atoms with Crippen LogP contribution in [0.25, 0.3) is 0 Å². The third kappa shape index (κ3) is 8.79. The van der Waals surface area contributed by atoms with Crippen molar-refractivity contribution in [2.45, 2.75) is 57.7 Å². The standard InChI is InChI=1S/C25H32N2O5/c1-25(2,3)32-24(30)27-20(16-15-18-11-7-5-8-12-18)22(28)26-21(23(29)31-4)17-19-13-9-6-10-14-19/h5-14,20-21H,15-17H2,1-4H3,(H,26,28)(H,27,30)/t20-,21+/m1/s1. The van der Waals surface area contributed by atoms with Crippen LogP contribution in [-0.4, -0.2) is 42.8 Å². The van der Waals surface area contributed by atoms with Crippen LogP contribution < -0.4 is 10.6 Å². The normalized spacial score (nSPS) is 12.9. The van der Waals surface area contributed by atoms with E-state index in [4.69, 9.17) is 9.47 Å². The predicted octanol–water partition coefficient (Wildman–Crippen LogP) is 3.41. The molecule has 2 aromatic rings. The number of alkyl carbamates (subject to hydrolysis) is 1. The lowest BCUT2D eigenvalue weighted by Gasteiger charge is -2.25. The van der Waals surface area contributed by atoms with Gasteiger partial charge in [-0.25, -0.2) is 9.59 Å². The van der Waals surface area contributed by atoms with Crippen molar-refractivity contribution in [3.8, 4) is 0 Å². The fourth-order valence-electron chi connectivity index (χ4n) is 3.13. The van der Waals surface area contributed by atoms with Gasteiger partial charge in [0.15, 0.2) is 0 Å². The molecule has 0 aliphatic heterocycles. The molecule has 0 aliphatic carbocycles. The highest BCUT2D eigenvalue weighted by Crippen LogP contribution is 2.11. The highest BCUT2D eigenvalue weighted by Gasteiger charge is 2.29. The highest BCUT2D eigenvalue weighted by molar-refractivity contribution is 5.89. The van der Waals surface area contributed by atoms with Crippen LogP contribution in [0, 0.1) is 0 Å². The minimum atomic E-state index is -0.881. The number of esters is 1. The smallest absolute Gasteiger partial charge is 0.408 e. The number of rotatable bonds is 9.